The van der Waals surface area contributed by atoms with E-state index < -0.39 is 17.0 Å². The highest BCUT2D eigenvalue weighted by molar-refractivity contribution is 9.10. The van der Waals surface area contributed by atoms with Gasteiger partial charge in [-0.25, -0.2) is 20.6 Å². The normalized spacial score (nSPS) is 19.5. The minimum Gasteiger partial charge on any atom is -0.362 e. The molecule has 158 valence electrons. The highest BCUT2D eigenvalue weighted by atomic mass is 79.9. The van der Waals surface area contributed by atoms with Gasteiger partial charge in [-0.15, -0.1) is 0 Å². The Morgan fingerprint density at radius 3 is 2.35 bits per heavy atom. The fourth-order valence-corrected chi connectivity index (χ4v) is 4.44. The van der Waals surface area contributed by atoms with E-state index in [1.807, 2.05) is 24.3 Å². The molecule has 0 bridgehead atoms. The summed E-state index contributed by atoms with van der Waals surface area (Å²) in [6.45, 7) is 0.138. The number of rotatable bonds is 1. The van der Waals surface area contributed by atoms with Crippen LogP contribution in [0.1, 0.15) is 16.8 Å². The number of nitrogens with zero attached hydrogens (tertiary/aromatic N) is 5. The van der Waals surface area contributed by atoms with Crippen molar-refractivity contribution in [1.82, 2.24) is 9.13 Å². The minimum atomic E-state index is -2.06. The first kappa shape index (κ1) is 19.7. The van der Waals surface area contributed by atoms with Crippen LogP contribution >= 0.6 is 15.9 Å². The van der Waals surface area contributed by atoms with E-state index in [1.54, 1.807) is 36.2 Å². The van der Waals surface area contributed by atoms with Crippen LogP contribution in [0.25, 0.3) is 0 Å². The molecule has 2 aliphatic heterocycles. The van der Waals surface area contributed by atoms with Crippen molar-refractivity contribution in [3.63, 3.8) is 0 Å². The smallest absolute Gasteiger partial charge is 0.330 e. The molecule has 0 radical (unpaired) electrons. The molecule has 0 saturated heterocycles. The summed E-state index contributed by atoms with van der Waals surface area (Å²) in [5.74, 6) is 6.63. The van der Waals surface area contributed by atoms with Gasteiger partial charge in [0.25, 0.3) is 5.56 Å². The van der Waals surface area contributed by atoms with Gasteiger partial charge >= 0.3 is 5.69 Å². The van der Waals surface area contributed by atoms with Gasteiger partial charge in [-0.2, -0.15) is 0 Å². The van der Waals surface area contributed by atoms with E-state index in [2.05, 4.69) is 20.9 Å². The maximum absolute atomic E-state index is 13.3. The molecule has 0 fully saturated rings. The van der Waals surface area contributed by atoms with E-state index in [-0.39, 0.29) is 18.1 Å². The van der Waals surface area contributed by atoms with Gasteiger partial charge in [0, 0.05) is 24.1 Å². The molecular weight excluding hydrogens is 464 g/mol. The minimum absolute atomic E-state index is 0.0206. The summed E-state index contributed by atoms with van der Waals surface area (Å²) in [7, 11) is 2.96. The lowest BCUT2D eigenvalue weighted by molar-refractivity contribution is 0.0875. The lowest BCUT2D eigenvalue weighted by Crippen LogP contribution is -2.46. The second kappa shape index (κ2) is 6.64. The van der Waals surface area contributed by atoms with Crippen LogP contribution in [-0.2, 0) is 26.4 Å². The maximum atomic E-state index is 13.3. The number of aromatic nitrogens is 2. The number of anilines is 2. The molecule has 0 aliphatic carbocycles. The fourth-order valence-electron chi connectivity index (χ4n) is 4.17. The van der Waals surface area contributed by atoms with Gasteiger partial charge in [-0.05, 0) is 24.3 Å². The summed E-state index contributed by atoms with van der Waals surface area (Å²) in [6, 6.07) is 14.3. The topological polar surface area (TPSA) is 109 Å². The summed E-state index contributed by atoms with van der Waals surface area (Å²) >= 11 is 3.39. The van der Waals surface area contributed by atoms with Crippen molar-refractivity contribution in [3.8, 4) is 0 Å². The molecule has 0 saturated carbocycles. The van der Waals surface area contributed by atoms with Crippen molar-refractivity contribution in [2.24, 2.45) is 24.9 Å². The van der Waals surface area contributed by atoms with Crippen LogP contribution in [0.4, 0.5) is 11.4 Å². The lowest BCUT2D eigenvalue weighted by atomic mass is 9.94. The second-order valence-corrected chi connectivity index (χ2v) is 8.48. The third kappa shape index (κ3) is 2.65. The molecule has 31 heavy (non-hydrogen) atoms. The average Bonchev–Trinajstić information content (AvgIpc) is 2.92. The maximum Gasteiger partial charge on any atom is 0.330 e. The van der Waals surface area contributed by atoms with Gasteiger partial charge in [-0.3, -0.25) is 13.9 Å². The summed E-state index contributed by atoms with van der Waals surface area (Å²) < 4.78 is 3.17. The zero-order chi connectivity index (χ0) is 22.1. The number of benzene rings is 2. The average molecular weight is 483 g/mol. The van der Waals surface area contributed by atoms with Crippen LogP contribution in [0.2, 0.25) is 0 Å². The number of aliphatic hydroxyl groups is 1. The monoisotopic (exact) mass is 482 g/mol. The molecule has 1 aromatic heterocycles. The molecule has 9 nitrogen and oxygen atoms in total. The Balaban J connectivity index is 1.90. The molecule has 1 atom stereocenters. The standard InChI is InChI=1S/C21H19BrN6O3/c1-25-16-11-27-14-5-3-4-6-15(14)28(23)19(27)24-21(31,12-7-9-13(22)10-8-12)17(16)18(29)26(2)20(25)30/h3-10,31H,11,23H2,1-2H3/t21-/m0/s1. The van der Waals surface area contributed by atoms with Gasteiger partial charge in [0.2, 0.25) is 11.7 Å². The first-order chi connectivity index (χ1) is 14.7. The van der Waals surface area contributed by atoms with Crippen LogP contribution in [0.3, 0.4) is 0 Å². The van der Waals surface area contributed by atoms with Crippen molar-refractivity contribution in [1.29, 1.82) is 0 Å². The summed E-state index contributed by atoms with van der Waals surface area (Å²) in [4.78, 5) is 32.4. The quantitative estimate of drug-likeness (QED) is 0.502. The molecule has 3 N–H and O–H groups in total. The summed E-state index contributed by atoms with van der Waals surface area (Å²) in [6.07, 6.45) is 0. The van der Waals surface area contributed by atoms with Crippen molar-refractivity contribution in [3.05, 3.63) is 90.7 Å². The van der Waals surface area contributed by atoms with Crippen LogP contribution in [-0.4, -0.2) is 20.2 Å². The number of halogens is 1. The molecule has 3 heterocycles. The Labute approximate surface area is 185 Å². The predicted octanol–water partition coefficient (Wildman–Crippen LogP) is 1.11. The first-order valence-electron chi connectivity index (χ1n) is 9.53. The molecule has 2 aliphatic rings. The van der Waals surface area contributed by atoms with E-state index in [0.717, 1.165) is 14.7 Å². The van der Waals surface area contributed by atoms with Gasteiger partial charge in [0.1, 0.15) is 0 Å². The molecule has 0 amide bonds. The van der Waals surface area contributed by atoms with Crippen molar-refractivity contribution in [2.75, 3.05) is 9.91 Å². The fraction of sp³-hybridized carbons (Fsp3) is 0.190. The molecule has 3 aromatic rings. The number of para-hydroxylation sites is 2. The number of hydrogen-bond donors (Lipinski definition) is 2. The Morgan fingerprint density at radius 1 is 1.03 bits per heavy atom. The van der Waals surface area contributed by atoms with Crippen LogP contribution in [0.5, 0.6) is 0 Å². The Kier molecular flexibility index (Phi) is 4.23. The van der Waals surface area contributed by atoms with E-state index in [1.165, 1.54) is 16.6 Å². The van der Waals surface area contributed by atoms with Crippen molar-refractivity contribution >= 4 is 33.3 Å². The molecule has 0 spiro atoms. The number of hydrogen-bond acceptors (Lipinski definition) is 7. The lowest BCUT2D eigenvalue weighted by Gasteiger charge is -2.26. The Morgan fingerprint density at radius 2 is 1.68 bits per heavy atom. The van der Waals surface area contributed by atoms with Crippen molar-refractivity contribution < 1.29 is 5.11 Å². The second-order valence-electron chi connectivity index (χ2n) is 7.56. The number of guanidine groups is 1. The van der Waals surface area contributed by atoms with Gasteiger partial charge in [0.15, 0.2) is 0 Å². The van der Waals surface area contributed by atoms with E-state index >= 15 is 0 Å². The number of hydrazine groups is 1. The van der Waals surface area contributed by atoms with Gasteiger partial charge in [0.05, 0.1) is 29.2 Å². The van der Waals surface area contributed by atoms with E-state index in [4.69, 9.17) is 5.84 Å². The molecule has 2 aromatic carbocycles. The largest absolute Gasteiger partial charge is 0.362 e. The third-order valence-electron chi connectivity index (χ3n) is 5.84. The molecular formula is C21H19BrN6O3. The van der Waals surface area contributed by atoms with Crippen molar-refractivity contribution in [2.45, 2.75) is 12.3 Å². The Hall–Kier alpha value is -3.21. The number of aliphatic imine (C=N–C) groups is 1. The van der Waals surface area contributed by atoms with E-state index in [9.17, 15) is 14.7 Å². The van der Waals surface area contributed by atoms with Crippen LogP contribution < -0.4 is 27.0 Å². The molecule has 10 heteroatoms. The van der Waals surface area contributed by atoms with E-state index in [0.29, 0.717) is 16.9 Å². The highest BCUT2D eigenvalue weighted by Gasteiger charge is 2.45. The molecule has 0 unspecified atom stereocenters. The van der Waals surface area contributed by atoms with Crippen LogP contribution in [0.15, 0.2) is 67.6 Å². The zero-order valence-corrected chi connectivity index (χ0v) is 18.4. The van der Waals surface area contributed by atoms with Gasteiger partial charge in [-0.1, -0.05) is 40.2 Å². The Bertz CT molecular complexity index is 1380. The van der Waals surface area contributed by atoms with Crippen LogP contribution in [0, 0.1) is 0 Å². The third-order valence-corrected chi connectivity index (χ3v) is 6.37. The summed E-state index contributed by atoms with van der Waals surface area (Å²) in [5.41, 5.74) is -0.908. The number of fused-ring (bicyclic) bond motifs is 4. The number of nitrogens with two attached hydrogens (primary N) is 1. The predicted molar refractivity (Wildman–Crippen MR) is 121 cm³/mol. The molecule has 5 rings (SSSR count). The zero-order valence-electron chi connectivity index (χ0n) is 16.8. The first-order valence-corrected chi connectivity index (χ1v) is 10.3. The summed E-state index contributed by atoms with van der Waals surface area (Å²) in [5, 5.41) is 13.4. The highest BCUT2D eigenvalue weighted by Crippen LogP contribution is 2.42. The van der Waals surface area contributed by atoms with Gasteiger partial charge < -0.3 is 10.0 Å². The SMILES string of the molecule is Cn1c2c(c(=O)n(C)c1=O)[C@@](O)(c1ccc(Br)cc1)N=C1N(N)c3ccccc3N1C2.